The molecule has 1 saturated carbocycles. The number of rotatable bonds is 3. The topological polar surface area (TPSA) is 78.9 Å². The predicted octanol–water partition coefficient (Wildman–Crippen LogP) is 3.87. The highest BCUT2D eigenvalue weighted by molar-refractivity contribution is 6.00. The molecule has 0 aromatic carbocycles. The van der Waals surface area contributed by atoms with Crippen molar-refractivity contribution >= 4 is 17.7 Å². The Morgan fingerprint density at radius 1 is 1.18 bits per heavy atom. The van der Waals surface area contributed by atoms with Crippen molar-refractivity contribution < 1.29 is 28.6 Å². The highest BCUT2D eigenvalue weighted by Crippen LogP contribution is 2.71. The lowest BCUT2D eigenvalue weighted by Gasteiger charge is -2.59. The molecular weight excluding hydrogens is 432 g/mol. The van der Waals surface area contributed by atoms with Crippen LogP contribution in [0.1, 0.15) is 47.0 Å². The minimum atomic E-state index is -0.962. The summed E-state index contributed by atoms with van der Waals surface area (Å²) >= 11 is 0. The molecule has 6 nitrogen and oxygen atoms in total. The van der Waals surface area contributed by atoms with Crippen LogP contribution >= 0.6 is 0 Å². The van der Waals surface area contributed by atoms with Crippen LogP contribution in [0.3, 0.4) is 0 Å². The third-order valence-electron chi connectivity index (χ3n) is 10.2. The Morgan fingerprint density at radius 3 is 2.62 bits per heavy atom. The number of carbonyl (C=O) groups is 3. The molecular formula is C28H32O6. The fourth-order valence-corrected chi connectivity index (χ4v) is 8.67. The molecule has 6 rings (SSSR count). The van der Waals surface area contributed by atoms with Crippen LogP contribution in [0.25, 0.3) is 0 Å². The lowest BCUT2D eigenvalue weighted by molar-refractivity contribution is -0.190. The van der Waals surface area contributed by atoms with E-state index < -0.39 is 34.4 Å². The van der Waals surface area contributed by atoms with Gasteiger partial charge in [0.2, 0.25) is 0 Å². The molecule has 6 heteroatoms. The number of carbonyl (C=O) groups excluding carboxylic acids is 3. The van der Waals surface area contributed by atoms with Crippen molar-refractivity contribution in [1.29, 1.82) is 0 Å². The van der Waals surface area contributed by atoms with E-state index >= 15 is 0 Å². The quantitative estimate of drug-likeness (QED) is 0.466. The van der Waals surface area contributed by atoms with E-state index in [-0.39, 0.29) is 42.1 Å². The molecule has 0 aromatic rings. The summed E-state index contributed by atoms with van der Waals surface area (Å²) in [5, 5.41) is 0. The molecule has 0 aromatic heterocycles. The molecule has 180 valence electrons. The van der Waals surface area contributed by atoms with Crippen molar-refractivity contribution in [2.75, 3.05) is 7.11 Å². The molecule has 2 heterocycles. The number of allylic oxidation sites excluding steroid dienone is 6. The first-order chi connectivity index (χ1) is 16.1. The van der Waals surface area contributed by atoms with Crippen molar-refractivity contribution in [3.63, 3.8) is 0 Å². The third-order valence-corrected chi connectivity index (χ3v) is 10.2. The highest BCUT2D eigenvalue weighted by Gasteiger charge is 2.77. The van der Waals surface area contributed by atoms with Gasteiger partial charge in [-0.05, 0) is 49.8 Å². The van der Waals surface area contributed by atoms with Crippen LogP contribution in [-0.2, 0) is 28.6 Å². The summed E-state index contributed by atoms with van der Waals surface area (Å²) in [4.78, 5) is 39.7. The molecule has 9 unspecified atom stereocenters. The van der Waals surface area contributed by atoms with Gasteiger partial charge in [0.1, 0.15) is 12.2 Å². The van der Waals surface area contributed by atoms with Gasteiger partial charge in [-0.2, -0.15) is 0 Å². The monoisotopic (exact) mass is 464 g/mol. The van der Waals surface area contributed by atoms with Crippen LogP contribution in [-0.4, -0.2) is 43.1 Å². The number of ether oxygens (including phenoxy) is 3. The van der Waals surface area contributed by atoms with E-state index in [2.05, 4.69) is 32.1 Å². The Balaban J connectivity index is 1.57. The summed E-state index contributed by atoms with van der Waals surface area (Å²) in [5.74, 6) is -1.23. The van der Waals surface area contributed by atoms with Crippen molar-refractivity contribution in [3.8, 4) is 0 Å². The summed E-state index contributed by atoms with van der Waals surface area (Å²) in [6.07, 6.45) is 10.7. The zero-order valence-corrected chi connectivity index (χ0v) is 20.4. The highest BCUT2D eigenvalue weighted by atomic mass is 16.6. The number of methoxy groups -OCH3 is 1. The Kier molecular flexibility index (Phi) is 4.41. The molecule has 2 saturated heterocycles. The smallest absolute Gasteiger partial charge is 0.316 e. The van der Waals surface area contributed by atoms with Crippen molar-refractivity contribution in [2.45, 2.75) is 65.3 Å². The van der Waals surface area contributed by atoms with Crippen LogP contribution in [0.4, 0.5) is 0 Å². The Labute approximate surface area is 200 Å². The van der Waals surface area contributed by atoms with Crippen LogP contribution < -0.4 is 0 Å². The number of hydrogen-bond acceptors (Lipinski definition) is 6. The molecule has 2 aliphatic heterocycles. The van der Waals surface area contributed by atoms with Gasteiger partial charge >= 0.3 is 11.9 Å². The van der Waals surface area contributed by atoms with E-state index in [9.17, 15) is 14.4 Å². The Bertz CT molecular complexity index is 1140. The maximum Gasteiger partial charge on any atom is 0.316 e. The van der Waals surface area contributed by atoms with Crippen LogP contribution in [0, 0.1) is 34.0 Å². The molecule has 4 aliphatic carbocycles. The summed E-state index contributed by atoms with van der Waals surface area (Å²) < 4.78 is 18.0. The first-order valence-corrected chi connectivity index (χ1v) is 12.3. The van der Waals surface area contributed by atoms with E-state index in [1.54, 1.807) is 6.08 Å². The number of fused-ring (bicyclic) bond motifs is 4. The number of hydrogen-bond donors (Lipinski definition) is 0. The first kappa shape index (κ1) is 22.0. The van der Waals surface area contributed by atoms with Crippen LogP contribution in [0.2, 0.25) is 0 Å². The van der Waals surface area contributed by atoms with Gasteiger partial charge < -0.3 is 14.2 Å². The summed E-state index contributed by atoms with van der Waals surface area (Å²) in [6, 6.07) is 0. The molecule has 0 spiro atoms. The van der Waals surface area contributed by atoms with Gasteiger partial charge in [-0.3, -0.25) is 14.4 Å². The van der Waals surface area contributed by atoms with Gasteiger partial charge in [-0.15, -0.1) is 0 Å². The SMILES string of the molecule is COC(=O)CC1C2(C)C3=C(C)C(C4=CCC=C4)CC3OC2C2OC(=O)C3(C)C=CC(=O)C1(C)C23. The minimum absolute atomic E-state index is 0.0514. The molecule has 3 fully saturated rings. The summed E-state index contributed by atoms with van der Waals surface area (Å²) in [6.45, 7) is 8.08. The van der Waals surface area contributed by atoms with Gasteiger partial charge in [0, 0.05) is 22.7 Å². The lowest BCUT2D eigenvalue weighted by Crippen LogP contribution is -2.66. The predicted molar refractivity (Wildman–Crippen MR) is 123 cm³/mol. The molecule has 9 atom stereocenters. The Morgan fingerprint density at radius 2 is 1.94 bits per heavy atom. The van der Waals surface area contributed by atoms with Gasteiger partial charge in [0.25, 0.3) is 0 Å². The van der Waals surface area contributed by atoms with Crippen molar-refractivity contribution in [1.82, 2.24) is 0 Å². The van der Waals surface area contributed by atoms with Crippen LogP contribution in [0.5, 0.6) is 0 Å². The van der Waals surface area contributed by atoms with E-state index in [1.165, 1.54) is 29.9 Å². The van der Waals surface area contributed by atoms with E-state index in [0.29, 0.717) is 0 Å². The van der Waals surface area contributed by atoms with E-state index in [4.69, 9.17) is 14.2 Å². The summed E-state index contributed by atoms with van der Waals surface area (Å²) in [5.41, 5.74) is 1.23. The average Bonchev–Trinajstić information content (AvgIpc) is 3.54. The van der Waals surface area contributed by atoms with Crippen molar-refractivity contribution in [3.05, 3.63) is 47.1 Å². The molecule has 0 bridgehead atoms. The number of esters is 2. The normalized spacial score (nSPS) is 48.0. The third kappa shape index (κ3) is 2.38. The second-order valence-electron chi connectivity index (χ2n) is 11.5. The maximum absolute atomic E-state index is 13.7. The summed E-state index contributed by atoms with van der Waals surface area (Å²) in [7, 11) is 1.38. The second-order valence-corrected chi connectivity index (χ2v) is 11.5. The van der Waals surface area contributed by atoms with E-state index in [1.807, 2.05) is 13.8 Å². The minimum Gasteiger partial charge on any atom is -0.469 e. The van der Waals surface area contributed by atoms with Gasteiger partial charge in [0.05, 0.1) is 25.0 Å². The maximum atomic E-state index is 13.7. The molecule has 6 aliphatic rings. The van der Waals surface area contributed by atoms with Gasteiger partial charge in [0.15, 0.2) is 5.78 Å². The standard InChI is InChI=1S/C28H32O6/c1-14-16(15-8-6-7-9-15)12-17-21(14)28(4)18(13-20(30)32-5)27(3)19(29)10-11-26(2)23(27)22(24(28)33-17)34-25(26)31/h6,8-11,16-18,22-24H,7,12-13H2,1-5H3. The average molecular weight is 465 g/mol. The van der Waals surface area contributed by atoms with Crippen molar-refractivity contribution in [2.24, 2.45) is 34.0 Å². The molecule has 0 radical (unpaired) electrons. The number of ketones is 1. The Hall–Kier alpha value is -2.47. The van der Waals surface area contributed by atoms with E-state index in [0.717, 1.165) is 12.8 Å². The molecule has 0 N–H and O–H groups in total. The van der Waals surface area contributed by atoms with Gasteiger partial charge in [-0.25, -0.2) is 0 Å². The fraction of sp³-hybridized carbons (Fsp3) is 0.607. The first-order valence-electron chi connectivity index (χ1n) is 12.3. The largest absolute Gasteiger partial charge is 0.469 e. The fourth-order valence-electron chi connectivity index (χ4n) is 8.67. The second kappa shape index (κ2) is 6.81. The van der Waals surface area contributed by atoms with Crippen LogP contribution in [0.15, 0.2) is 47.1 Å². The zero-order chi connectivity index (χ0) is 24.2. The van der Waals surface area contributed by atoms with Gasteiger partial charge in [-0.1, -0.05) is 43.7 Å². The zero-order valence-electron chi connectivity index (χ0n) is 20.4. The molecule has 0 amide bonds. The lowest BCUT2D eigenvalue weighted by atomic mass is 9.42. The molecule has 34 heavy (non-hydrogen) atoms.